The second-order valence-corrected chi connectivity index (χ2v) is 6.95. The number of benzene rings is 1. The number of rotatable bonds is 4. The van der Waals surface area contributed by atoms with Gasteiger partial charge in [-0.3, -0.25) is 9.78 Å². The first-order chi connectivity index (χ1) is 11.9. The number of piperidine rings is 1. The maximum absolute atomic E-state index is 12.3. The first-order valence-electron chi connectivity index (χ1n) is 8.57. The van der Waals surface area contributed by atoms with Crippen molar-refractivity contribution in [3.05, 3.63) is 48.4 Å². The summed E-state index contributed by atoms with van der Waals surface area (Å²) in [5, 5.41) is 0. The van der Waals surface area contributed by atoms with Crippen molar-refractivity contribution >= 4 is 5.91 Å². The highest BCUT2D eigenvalue weighted by atomic mass is 16.5. The van der Waals surface area contributed by atoms with Gasteiger partial charge in [0.15, 0.2) is 0 Å². The van der Waals surface area contributed by atoms with E-state index in [2.05, 4.69) is 9.97 Å². The predicted molar refractivity (Wildman–Crippen MR) is 95.4 cm³/mol. The number of hydrogen-bond donors (Lipinski definition) is 1. The van der Waals surface area contributed by atoms with E-state index < -0.39 is 5.54 Å². The Morgan fingerprint density at radius 3 is 2.44 bits per heavy atom. The summed E-state index contributed by atoms with van der Waals surface area (Å²) in [5.74, 6) is 1.49. The Hall–Kier alpha value is -2.47. The second-order valence-electron chi connectivity index (χ2n) is 6.95. The number of amides is 1. The molecule has 6 nitrogen and oxygen atoms in total. The fourth-order valence-corrected chi connectivity index (χ4v) is 3.06. The van der Waals surface area contributed by atoms with Gasteiger partial charge in [0, 0.05) is 31.4 Å². The minimum atomic E-state index is -0.832. The van der Waals surface area contributed by atoms with E-state index in [1.165, 1.54) is 0 Å². The number of carbonyl (C=O) groups is 1. The number of carbonyl (C=O) groups excluding carboxylic acids is 1. The summed E-state index contributed by atoms with van der Waals surface area (Å²) in [6.07, 6.45) is 4.97. The molecule has 2 N–H and O–H groups in total. The zero-order valence-electron chi connectivity index (χ0n) is 14.7. The molecule has 6 heteroatoms. The summed E-state index contributed by atoms with van der Waals surface area (Å²) >= 11 is 0. The van der Waals surface area contributed by atoms with E-state index in [-0.39, 0.29) is 11.8 Å². The fourth-order valence-electron chi connectivity index (χ4n) is 3.06. The third-order valence-electron chi connectivity index (χ3n) is 4.37. The van der Waals surface area contributed by atoms with Crippen molar-refractivity contribution in [1.29, 1.82) is 0 Å². The van der Waals surface area contributed by atoms with E-state index in [0.717, 1.165) is 24.3 Å². The lowest BCUT2D eigenvalue weighted by atomic mass is 9.92. The zero-order chi connectivity index (χ0) is 17.9. The lowest BCUT2D eigenvalue weighted by Crippen LogP contribution is -2.53. The number of likely N-dealkylation sites (tertiary alicyclic amines) is 1. The molecule has 2 aromatic rings. The average molecular weight is 340 g/mol. The molecule has 1 amide bonds. The maximum Gasteiger partial charge on any atom is 0.242 e. The van der Waals surface area contributed by atoms with Gasteiger partial charge in [0.05, 0.1) is 5.54 Å². The van der Waals surface area contributed by atoms with Gasteiger partial charge in [0.1, 0.15) is 11.4 Å². The molecule has 0 saturated carbocycles. The molecule has 132 valence electrons. The highest BCUT2D eigenvalue weighted by Gasteiger charge is 2.32. The molecule has 1 aliphatic rings. The molecule has 0 bridgehead atoms. The fraction of sp³-hybridized carbons (Fsp3) is 0.421. The predicted octanol–water partition coefficient (Wildman–Crippen LogP) is 2.71. The minimum Gasteiger partial charge on any atom is -0.437 e. The molecule has 2 heterocycles. The third-order valence-corrected chi connectivity index (χ3v) is 4.37. The molecule has 1 aromatic heterocycles. The van der Waals surface area contributed by atoms with Crippen LogP contribution >= 0.6 is 0 Å². The van der Waals surface area contributed by atoms with Crippen LogP contribution in [0.25, 0.3) is 0 Å². The SMILES string of the molecule is CC(C)(N)C(=O)N1CCC(c2nccnc2Oc2ccccc2)CC1. The summed E-state index contributed by atoms with van der Waals surface area (Å²) in [6, 6.07) is 9.57. The van der Waals surface area contributed by atoms with Crippen LogP contribution in [-0.4, -0.2) is 39.4 Å². The molecule has 0 atom stereocenters. The van der Waals surface area contributed by atoms with E-state index in [4.69, 9.17) is 10.5 Å². The van der Waals surface area contributed by atoms with Crippen molar-refractivity contribution in [3.8, 4) is 11.6 Å². The molecule has 3 rings (SSSR count). The third kappa shape index (κ3) is 4.14. The number of para-hydroxylation sites is 1. The number of hydrogen-bond acceptors (Lipinski definition) is 5. The van der Waals surface area contributed by atoms with E-state index >= 15 is 0 Å². The van der Waals surface area contributed by atoms with E-state index in [0.29, 0.717) is 19.0 Å². The van der Waals surface area contributed by atoms with Crippen LogP contribution in [0, 0.1) is 0 Å². The number of aromatic nitrogens is 2. The van der Waals surface area contributed by atoms with Crippen LogP contribution in [0.2, 0.25) is 0 Å². The van der Waals surface area contributed by atoms with Crippen LogP contribution in [0.5, 0.6) is 11.6 Å². The summed E-state index contributed by atoms with van der Waals surface area (Å²) in [7, 11) is 0. The molecule has 1 aliphatic heterocycles. The Morgan fingerprint density at radius 2 is 1.80 bits per heavy atom. The van der Waals surface area contributed by atoms with E-state index in [9.17, 15) is 4.79 Å². The first-order valence-corrected chi connectivity index (χ1v) is 8.57. The summed E-state index contributed by atoms with van der Waals surface area (Å²) in [4.78, 5) is 23.0. The number of nitrogens with two attached hydrogens (primary N) is 1. The molecule has 0 radical (unpaired) electrons. The van der Waals surface area contributed by atoms with Gasteiger partial charge in [-0.2, -0.15) is 0 Å². The van der Waals surface area contributed by atoms with Crippen molar-refractivity contribution in [1.82, 2.24) is 14.9 Å². The van der Waals surface area contributed by atoms with Crippen molar-refractivity contribution in [2.75, 3.05) is 13.1 Å². The molecule has 25 heavy (non-hydrogen) atoms. The van der Waals surface area contributed by atoms with Gasteiger partial charge >= 0.3 is 0 Å². The number of ether oxygens (including phenoxy) is 1. The van der Waals surface area contributed by atoms with Crippen LogP contribution in [0.4, 0.5) is 0 Å². The lowest BCUT2D eigenvalue weighted by molar-refractivity contribution is -0.136. The van der Waals surface area contributed by atoms with Gasteiger partial charge in [-0.05, 0) is 38.8 Å². The molecule has 1 aromatic carbocycles. The smallest absolute Gasteiger partial charge is 0.242 e. The lowest BCUT2D eigenvalue weighted by Gasteiger charge is -2.35. The topological polar surface area (TPSA) is 81.3 Å². The van der Waals surface area contributed by atoms with E-state index in [1.54, 1.807) is 26.2 Å². The largest absolute Gasteiger partial charge is 0.437 e. The molecule has 1 fully saturated rings. The molecule has 0 unspecified atom stereocenters. The van der Waals surface area contributed by atoms with Crippen molar-refractivity contribution in [2.24, 2.45) is 5.73 Å². The van der Waals surface area contributed by atoms with Gasteiger partial charge in [-0.25, -0.2) is 4.98 Å². The number of nitrogens with zero attached hydrogens (tertiary/aromatic N) is 3. The molecule has 1 saturated heterocycles. The Balaban J connectivity index is 1.71. The first kappa shape index (κ1) is 17.4. The molecular formula is C19H24N4O2. The molecule has 0 spiro atoms. The Bertz CT molecular complexity index is 720. The highest BCUT2D eigenvalue weighted by Crippen LogP contribution is 2.33. The van der Waals surface area contributed by atoms with Crippen LogP contribution < -0.4 is 10.5 Å². The minimum absolute atomic E-state index is 0.00847. The average Bonchev–Trinajstić information content (AvgIpc) is 2.62. The van der Waals surface area contributed by atoms with Crippen LogP contribution in [0.1, 0.15) is 38.3 Å². The maximum atomic E-state index is 12.3. The van der Waals surface area contributed by atoms with Gasteiger partial charge < -0.3 is 15.4 Å². The van der Waals surface area contributed by atoms with Crippen LogP contribution in [0.15, 0.2) is 42.7 Å². The normalized spacial score (nSPS) is 15.9. The summed E-state index contributed by atoms with van der Waals surface area (Å²) < 4.78 is 5.92. The standard InChI is InChI=1S/C19H24N4O2/c1-19(2,20)18(24)23-12-8-14(9-13-23)16-17(22-11-10-21-16)25-15-6-4-3-5-7-15/h3-7,10-11,14H,8-9,12-13,20H2,1-2H3. The van der Waals surface area contributed by atoms with Crippen molar-refractivity contribution in [3.63, 3.8) is 0 Å². The van der Waals surface area contributed by atoms with Crippen LogP contribution in [-0.2, 0) is 4.79 Å². The van der Waals surface area contributed by atoms with Gasteiger partial charge in [0.2, 0.25) is 11.8 Å². The zero-order valence-corrected chi connectivity index (χ0v) is 14.7. The molecule has 0 aliphatic carbocycles. The van der Waals surface area contributed by atoms with Gasteiger partial charge in [0.25, 0.3) is 0 Å². The molecular weight excluding hydrogens is 316 g/mol. The van der Waals surface area contributed by atoms with Crippen molar-refractivity contribution < 1.29 is 9.53 Å². The quantitative estimate of drug-likeness (QED) is 0.925. The highest BCUT2D eigenvalue weighted by molar-refractivity contribution is 5.85. The van der Waals surface area contributed by atoms with Crippen molar-refractivity contribution in [2.45, 2.75) is 38.1 Å². The van der Waals surface area contributed by atoms with Gasteiger partial charge in [-0.1, -0.05) is 18.2 Å². The Labute approximate surface area is 148 Å². The monoisotopic (exact) mass is 340 g/mol. The van der Waals surface area contributed by atoms with E-state index in [1.807, 2.05) is 35.2 Å². The van der Waals surface area contributed by atoms with Crippen LogP contribution in [0.3, 0.4) is 0 Å². The van der Waals surface area contributed by atoms with Gasteiger partial charge in [-0.15, -0.1) is 0 Å². The second kappa shape index (κ2) is 7.19. The Morgan fingerprint density at radius 1 is 1.16 bits per heavy atom. The summed E-state index contributed by atoms with van der Waals surface area (Å²) in [6.45, 7) is 4.84. The Kier molecular flexibility index (Phi) is 4.99. The summed E-state index contributed by atoms with van der Waals surface area (Å²) in [5.41, 5.74) is 5.95.